The van der Waals surface area contributed by atoms with Crippen LogP contribution in [0, 0.1) is 0 Å². The molecule has 108 valence electrons. The van der Waals surface area contributed by atoms with Crippen LogP contribution in [0.1, 0.15) is 45.6 Å². The third-order valence-corrected chi connectivity index (χ3v) is 3.16. The summed E-state index contributed by atoms with van der Waals surface area (Å²) in [6, 6.07) is 7.76. The van der Waals surface area contributed by atoms with Crippen molar-refractivity contribution in [3.8, 4) is 5.75 Å². The highest BCUT2D eigenvalue weighted by atomic mass is 16.5. The van der Waals surface area contributed by atoms with Crippen molar-refractivity contribution in [1.29, 1.82) is 0 Å². The van der Waals surface area contributed by atoms with Gasteiger partial charge in [-0.1, -0.05) is 26.0 Å². The molecule has 1 unspecified atom stereocenters. The van der Waals surface area contributed by atoms with Gasteiger partial charge in [0.05, 0.1) is 12.2 Å². The van der Waals surface area contributed by atoms with Gasteiger partial charge >= 0.3 is 0 Å². The summed E-state index contributed by atoms with van der Waals surface area (Å²) in [6.07, 6.45) is 2.83. The molecule has 19 heavy (non-hydrogen) atoms. The Kier molecular flexibility index (Phi) is 6.89. The van der Waals surface area contributed by atoms with Crippen LogP contribution in [-0.4, -0.2) is 24.8 Å². The molecule has 0 spiro atoms. The molecule has 0 fully saturated rings. The first-order valence-corrected chi connectivity index (χ1v) is 7.26. The highest BCUT2D eigenvalue weighted by molar-refractivity contribution is 5.30. The van der Waals surface area contributed by atoms with Crippen LogP contribution in [0.15, 0.2) is 24.3 Å². The van der Waals surface area contributed by atoms with Gasteiger partial charge in [0.25, 0.3) is 0 Å². The largest absolute Gasteiger partial charge is 0.494 e. The molecule has 0 radical (unpaired) electrons. The predicted molar refractivity (Wildman–Crippen MR) is 79.6 cm³/mol. The fourth-order valence-corrected chi connectivity index (χ4v) is 1.91. The lowest BCUT2D eigenvalue weighted by molar-refractivity contribution is 0.0480. The molecule has 1 atom stereocenters. The van der Waals surface area contributed by atoms with Crippen LogP contribution in [0.25, 0.3) is 0 Å². The van der Waals surface area contributed by atoms with Gasteiger partial charge < -0.3 is 15.2 Å². The van der Waals surface area contributed by atoms with E-state index in [1.165, 1.54) is 0 Å². The predicted octanol–water partition coefficient (Wildman–Crippen LogP) is 3.07. The molecule has 0 saturated carbocycles. The van der Waals surface area contributed by atoms with E-state index in [9.17, 15) is 5.11 Å². The van der Waals surface area contributed by atoms with Gasteiger partial charge in [-0.05, 0) is 57.0 Å². The van der Waals surface area contributed by atoms with Gasteiger partial charge in [-0.2, -0.15) is 0 Å². The second-order valence-electron chi connectivity index (χ2n) is 5.15. The lowest BCUT2D eigenvalue weighted by Gasteiger charge is -2.24. The van der Waals surface area contributed by atoms with Crippen molar-refractivity contribution < 1.29 is 9.84 Å². The molecule has 1 aromatic rings. The van der Waals surface area contributed by atoms with Gasteiger partial charge in [0.15, 0.2) is 0 Å². The Bertz CT molecular complexity index is 346. The van der Waals surface area contributed by atoms with Crippen molar-refractivity contribution in [2.24, 2.45) is 0 Å². The summed E-state index contributed by atoms with van der Waals surface area (Å²) in [5, 5.41) is 13.8. The van der Waals surface area contributed by atoms with Crippen LogP contribution < -0.4 is 10.1 Å². The van der Waals surface area contributed by atoms with Gasteiger partial charge in [-0.25, -0.2) is 0 Å². The van der Waals surface area contributed by atoms with E-state index in [1.807, 2.05) is 31.2 Å². The fourth-order valence-electron chi connectivity index (χ4n) is 1.91. The van der Waals surface area contributed by atoms with E-state index in [0.29, 0.717) is 6.42 Å². The van der Waals surface area contributed by atoms with Crippen molar-refractivity contribution in [3.05, 3.63) is 29.8 Å². The number of benzene rings is 1. The molecule has 0 aliphatic rings. The molecule has 0 aliphatic carbocycles. The number of rotatable bonds is 9. The normalized spacial score (nSPS) is 14.1. The van der Waals surface area contributed by atoms with Gasteiger partial charge in [-0.3, -0.25) is 0 Å². The maximum Gasteiger partial charge on any atom is 0.119 e. The topological polar surface area (TPSA) is 41.5 Å². The summed E-state index contributed by atoms with van der Waals surface area (Å²) in [5.41, 5.74) is 0.152. The molecule has 1 aromatic carbocycles. The number of ether oxygens (including phenoxy) is 1. The average molecular weight is 265 g/mol. The Morgan fingerprint density at radius 3 is 2.37 bits per heavy atom. The molecule has 2 N–H and O–H groups in total. The van der Waals surface area contributed by atoms with E-state index in [1.54, 1.807) is 0 Å². The zero-order chi connectivity index (χ0) is 14.1. The van der Waals surface area contributed by atoms with E-state index in [4.69, 9.17) is 4.74 Å². The summed E-state index contributed by atoms with van der Waals surface area (Å²) in [6.45, 7) is 8.65. The number of aliphatic hydroxyl groups is 1. The van der Waals surface area contributed by atoms with E-state index in [2.05, 4.69) is 19.2 Å². The molecular formula is C16H27NO2. The quantitative estimate of drug-likeness (QED) is 0.674. The van der Waals surface area contributed by atoms with Crippen molar-refractivity contribution in [3.63, 3.8) is 0 Å². The summed E-state index contributed by atoms with van der Waals surface area (Å²) < 4.78 is 5.54. The second kappa shape index (κ2) is 8.18. The van der Waals surface area contributed by atoms with E-state index < -0.39 is 5.60 Å². The third kappa shape index (κ3) is 5.62. The third-order valence-electron chi connectivity index (χ3n) is 3.16. The Morgan fingerprint density at radius 1 is 1.11 bits per heavy atom. The minimum Gasteiger partial charge on any atom is -0.494 e. The Morgan fingerprint density at radius 2 is 1.79 bits per heavy atom. The Balaban J connectivity index is 2.52. The minimum atomic E-state index is -0.788. The number of hydrogen-bond acceptors (Lipinski definition) is 3. The summed E-state index contributed by atoms with van der Waals surface area (Å²) in [7, 11) is 0. The molecule has 0 bridgehead atoms. The monoisotopic (exact) mass is 265 g/mol. The van der Waals surface area contributed by atoms with Gasteiger partial charge in [-0.15, -0.1) is 0 Å². The minimum absolute atomic E-state index is 0.710. The highest BCUT2D eigenvalue weighted by Gasteiger charge is 2.22. The molecule has 0 heterocycles. The van der Waals surface area contributed by atoms with Crippen molar-refractivity contribution in [1.82, 2.24) is 5.32 Å². The van der Waals surface area contributed by atoms with E-state index in [0.717, 1.165) is 43.9 Å². The molecular weight excluding hydrogens is 238 g/mol. The van der Waals surface area contributed by atoms with Crippen LogP contribution in [0.3, 0.4) is 0 Å². The first-order chi connectivity index (χ1) is 9.10. The van der Waals surface area contributed by atoms with Crippen LogP contribution >= 0.6 is 0 Å². The van der Waals surface area contributed by atoms with Crippen molar-refractivity contribution in [2.45, 2.75) is 45.6 Å². The first kappa shape index (κ1) is 16.0. The lowest BCUT2D eigenvalue weighted by atomic mass is 9.92. The van der Waals surface area contributed by atoms with Gasteiger partial charge in [0, 0.05) is 0 Å². The molecule has 1 rings (SSSR count). The Labute approximate surface area is 117 Å². The highest BCUT2D eigenvalue weighted by Crippen LogP contribution is 2.25. The van der Waals surface area contributed by atoms with Crippen LogP contribution in [0.4, 0.5) is 0 Å². The Hall–Kier alpha value is -1.06. The summed E-state index contributed by atoms with van der Waals surface area (Å²) in [5.74, 6) is 0.866. The van der Waals surface area contributed by atoms with Gasteiger partial charge in [0.1, 0.15) is 5.75 Å². The zero-order valence-corrected chi connectivity index (χ0v) is 12.4. The van der Waals surface area contributed by atoms with Crippen molar-refractivity contribution in [2.75, 3.05) is 19.7 Å². The molecule has 0 aromatic heterocycles. The molecule has 0 aliphatic heterocycles. The molecule has 3 heteroatoms. The van der Waals surface area contributed by atoms with Gasteiger partial charge in [0.2, 0.25) is 0 Å². The molecule has 3 nitrogen and oxygen atoms in total. The SMILES string of the molecule is CCCNCCC(C)(O)c1ccc(OCCC)cc1. The number of nitrogens with one attached hydrogen (secondary N) is 1. The fraction of sp³-hybridized carbons (Fsp3) is 0.625. The smallest absolute Gasteiger partial charge is 0.119 e. The van der Waals surface area contributed by atoms with Crippen molar-refractivity contribution >= 4 is 0 Å². The maximum absolute atomic E-state index is 10.5. The van der Waals surface area contributed by atoms with E-state index in [-0.39, 0.29) is 0 Å². The first-order valence-electron chi connectivity index (χ1n) is 7.26. The molecule has 0 amide bonds. The standard InChI is InChI=1S/C16H27NO2/c1-4-11-17-12-10-16(3,18)14-6-8-15(9-7-14)19-13-5-2/h6-9,17-18H,4-5,10-13H2,1-3H3. The zero-order valence-electron chi connectivity index (χ0n) is 12.4. The molecule has 0 saturated heterocycles. The van der Waals surface area contributed by atoms with Crippen LogP contribution in [0.5, 0.6) is 5.75 Å². The second-order valence-corrected chi connectivity index (χ2v) is 5.15. The van der Waals surface area contributed by atoms with E-state index >= 15 is 0 Å². The number of hydrogen-bond donors (Lipinski definition) is 2. The lowest BCUT2D eigenvalue weighted by Crippen LogP contribution is -2.28. The maximum atomic E-state index is 10.5. The van der Waals surface area contributed by atoms with Crippen LogP contribution in [0.2, 0.25) is 0 Å². The average Bonchev–Trinajstić information content (AvgIpc) is 2.42. The summed E-state index contributed by atoms with van der Waals surface area (Å²) in [4.78, 5) is 0. The summed E-state index contributed by atoms with van der Waals surface area (Å²) >= 11 is 0. The van der Waals surface area contributed by atoms with Crippen LogP contribution in [-0.2, 0) is 5.60 Å².